The Balaban J connectivity index is 2.41. The highest BCUT2D eigenvalue weighted by Crippen LogP contribution is 2.22. The fourth-order valence-corrected chi connectivity index (χ4v) is 2.25. The molecule has 2 aromatic rings. The van der Waals surface area contributed by atoms with Crippen molar-refractivity contribution in [2.24, 2.45) is 0 Å². The summed E-state index contributed by atoms with van der Waals surface area (Å²) in [7, 11) is 1.75. The van der Waals surface area contributed by atoms with E-state index >= 15 is 0 Å². The number of pyridine rings is 2. The first-order valence-electron chi connectivity index (χ1n) is 6.22. The van der Waals surface area contributed by atoms with Gasteiger partial charge < -0.3 is 10.2 Å². The summed E-state index contributed by atoms with van der Waals surface area (Å²) in [5.41, 5.74) is 1.34. The highest BCUT2D eigenvalue weighted by atomic mass is 79.9. The number of nitrogens with zero attached hydrogens (tertiary/aromatic N) is 3. The van der Waals surface area contributed by atoms with Crippen LogP contribution in [-0.4, -0.2) is 29.5 Å². The first-order valence-corrected chi connectivity index (χ1v) is 7.01. The van der Waals surface area contributed by atoms with E-state index in [-0.39, 0.29) is 5.91 Å². The molecule has 1 amide bonds. The summed E-state index contributed by atoms with van der Waals surface area (Å²) in [6, 6.07) is 5.39. The topological polar surface area (TPSA) is 58.1 Å². The van der Waals surface area contributed by atoms with Crippen LogP contribution < -0.4 is 10.2 Å². The third kappa shape index (κ3) is 2.96. The Bertz CT molecular complexity index is 603. The molecule has 2 aromatic heterocycles. The van der Waals surface area contributed by atoms with E-state index in [0.29, 0.717) is 17.9 Å². The van der Waals surface area contributed by atoms with Gasteiger partial charge >= 0.3 is 0 Å². The van der Waals surface area contributed by atoms with Crippen LogP contribution in [0.4, 0.5) is 11.5 Å². The van der Waals surface area contributed by atoms with Crippen molar-refractivity contribution in [1.29, 1.82) is 0 Å². The second-order valence-corrected chi connectivity index (χ2v) is 4.97. The van der Waals surface area contributed by atoms with E-state index in [1.54, 1.807) is 36.6 Å². The standard InChI is InChI=1S/C14H15BrN4O/c1-3-19(11-4-6-17-7-5-11)14(20)12-8-10(15)9-18-13(12)16-2/h4-9H,3H2,1-2H3,(H,16,18). The van der Waals surface area contributed by atoms with E-state index in [4.69, 9.17) is 0 Å². The summed E-state index contributed by atoms with van der Waals surface area (Å²) in [6.07, 6.45) is 5.00. The molecule has 2 rings (SSSR count). The molecule has 6 heteroatoms. The van der Waals surface area contributed by atoms with Crippen LogP contribution in [0.3, 0.4) is 0 Å². The van der Waals surface area contributed by atoms with Crippen molar-refractivity contribution in [2.75, 3.05) is 23.8 Å². The van der Waals surface area contributed by atoms with Gasteiger partial charge in [0, 0.05) is 42.3 Å². The Morgan fingerprint density at radius 3 is 2.70 bits per heavy atom. The summed E-state index contributed by atoms with van der Waals surface area (Å²) in [5, 5.41) is 2.94. The summed E-state index contributed by atoms with van der Waals surface area (Å²) in [4.78, 5) is 22.6. The number of halogens is 1. The second-order valence-electron chi connectivity index (χ2n) is 4.05. The van der Waals surface area contributed by atoms with Crippen LogP contribution in [0.2, 0.25) is 0 Å². The van der Waals surface area contributed by atoms with Gasteiger partial charge in [-0.05, 0) is 41.1 Å². The molecule has 0 saturated carbocycles. The molecule has 0 spiro atoms. The van der Waals surface area contributed by atoms with Gasteiger partial charge in [0.25, 0.3) is 5.91 Å². The lowest BCUT2D eigenvalue weighted by Crippen LogP contribution is -2.31. The highest BCUT2D eigenvalue weighted by molar-refractivity contribution is 9.10. The molecule has 5 nitrogen and oxygen atoms in total. The van der Waals surface area contributed by atoms with Crippen LogP contribution >= 0.6 is 15.9 Å². The third-order valence-electron chi connectivity index (χ3n) is 2.86. The van der Waals surface area contributed by atoms with Gasteiger partial charge in [0.1, 0.15) is 5.82 Å². The van der Waals surface area contributed by atoms with Crippen LogP contribution in [0, 0.1) is 0 Å². The van der Waals surface area contributed by atoms with Gasteiger partial charge in [0.2, 0.25) is 0 Å². The maximum atomic E-state index is 12.7. The Labute approximate surface area is 126 Å². The molecule has 20 heavy (non-hydrogen) atoms. The molecule has 0 saturated heterocycles. The maximum Gasteiger partial charge on any atom is 0.262 e. The zero-order chi connectivity index (χ0) is 14.5. The van der Waals surface area contributed by atoms with E-state index in [1.807, 2.05) is 19.1 Å². The Kier molecular flexibility index (Phi) is 4.68. The molecule has 2 heterocycles. The lowest BCUT2D eigenvalue weighted by Gasteiger charge is -2.22. The lowest BCUT2D eigenvalue weighted by molar-refractivity contribution is 0.0988. The molecule has 104 valence electrons. The minimum atomic E-state index is -0.100. The van der Waals surface area contributed by atoms with Crippen LogP contribution in [-0.2, 0) is 0 Å². The van der Waals surface area contributed by atoms with Gasteiger partial charge in [-0.1, -0.05) is 0 Å². The van der Waals surface area contributed by atoms with Crippen molar-refractivity contribution < 1.29 is 4.79 Å². The normalized spacial score (nSPS) is 10.2. The Morgan fingerprint density at radius 2 is 2.10 bits per heavy atom. The summed E-state index contributed by atoms with van der Waals surface area (Å²) in [6.45, 7) is 2.50. The molecule has 0 fully saturated rings. The SMILES string of the molecule is CCN(C(=O)c1cc(Br)cnc1NC)c1ccncc1. The average molecular weight is 335 g/mol. The molecule has 0 unspecified atom stereocenters. The van der Waals surface area contributed by atoms with Crippen LogP contribution in [0.25, 0.3) is 0 Å². The van der Waals surface area contributed by atoms with Gasteiger partial charge in [-0.3, -0.25) is 9.78 Å². The number of hydrogen-bond acceptors (Lipinski definition) is 4. The second kappa shape index (κ2) is 6.47. The van der Waals surface area contributed by atoms with Gasteiger partial charge in [-0.15, -0.1) is 0 Å². The zero-order valence-electron chi connectivity index (χ0n) is 11.3. The van der Waals surface area contributed by atoms with E-state index in [1.165, 1.54) is 0 Å². The molecule has 0 radical (unpaired) electrons. The van der Waals surface area contributed by atoms with Crippen molar-refractivity contribution in [3.05, 3.63) is 46.8 Å². The maximum absolute atomic E-state index is 12.7. The number of nitrogens with one attached hydrogen (secondary N) is 1. The highest BCUT2D eigenvalue weighted by Gasteiger charge is 2.20. The van der Waals surface area contributed by atoms with Crippen molar-refractivity contribution in [3.63, 3.8) is 0 Å². The predicted octanol–water partition coefficient (Wildman–Crippen LogP) is 2.95. The monoisotopic (exact) mass is 334 g/mol. The molecule has 0 aromatic carbocycles. The number of hydrogen-bond donors (Lipinski definition) is 1. The largest absolute Gasteiger partial charge is 0.372 e. The van der Waals surface area contributed by atoms with Crippen LogP contribution in [0.15, 0.2) is 41.3 Å². The average Bonchev–Trinajstić information content (AvgIpc) is 2.49. The van der Waals surface area contributed by atoms with Gasteiger partial charge in [0.05, 0.1) is 5.56 Å². The molecule has 0 aliphatic rings. The van der Waals surface area contributed by atoms with E-state index in [9.17, 15) is 4.79 Å². The quantitative estimate of drug-likeness (QED) is 0.933. The smallest absolute Gasteiger partial charge is 0.262 e. The van der Waals surface area contributed by atoms with E-state index in [2.05, 4.69) is 31.2 Å². The Hall–Kier alpha value is -1.95. The van der Waals surface area contributed by atoms with Crippen molar-refractivity contribution in [2.45, 2.75) is 6.92 Å². The van der Waals surface area contributed by atoms with Crippen LogP contribution in [0.1, 0.15) is 17.3 Å². The minimum absolute atomic E-state index is 0.100. The predicted molar refractivity (Wildman–Crippen MR) is 83.1 cm³/mol. The van der Waals surface area contributed by atoms with Crippen molar-refractivity contribution in [1.82, 2.24) is 9.97 Å². The van der Waals surface area contributed by atoms with E-state index < -0.39 is 0 Å². The summed E-state index contributed by atoms with van der Waals surface area (Å²) >= 11 is 3.35. The molecular formula is C14H15BrN4O. The number of rotatable bonds is 4. The van der Waals surface area contributed by atoms with Gasteiger partial charge in [-0.2, -0.15) is 0 Å². The molecule has 0 bridgehead atoms. The number of aromatic nitrogens is 2. The first-order chi connectivity index (χ1) is 9.67. The molecule has 0 atom stereocenters. The van der Waals surface area contributed by atoms with Crippen molar-refractivity contribution >= 4 is 33.3 Å². The fourth-order valence-electron chi connectivity index (χ4n) is 1.91. The first kappa shape index (κ1) is 14.5. The van der Waals surface area contributed by atoms with E-state index in [0.717, 1.165) is 10.2 Å². The number of carbonyl (C=O) groups excluding carboxylic acids is 1. The molecule has 1 N–H and O–H groups in total. The van der Waals surface area contributed by atoms with Crippen molar-refractivity contribution in [3.8, 4) is 0 Å². The molecule has 0 aliphatic carbocycles. The molecular weight excluding hydrogens is 320 g/mol. The lowest BCUT2D eigenvalue weighted by atomic mass is 10.2. The van der Waals surface area contributed by atoms with Crippen LogP contribution in [0.5, 0.6) is 0 Å². The Morgan fingerprint density at radius 1 is 1.40 bits per heavy atom. The number of carbonyl (C=O) groups is 1. The van der Waals surface area contributed by atoms with Gasteiger partial charge in [-0.25, -0.2) is 4.98 Å². The summed E-state index contributed by atoms with van der Waals surface area (Å²) < 4.78 is 0.769. The molecule has 0 aliphatic heterocycles. The number of anilines is 2. The number of amides is 1. The third-order valence-corrected chi connectivity index (χ3v) is 3.29. The zero-order valence-corrected chi connectivity index (χ0v) is 12.9. The summed E-state index contributed by atoms with van der Waals surface area (Å²) in [5.74, 6) is 0.461. The fraction of sp³-hybridized carbons (Fsp3) is 0.214. The minimum Gasteiger partial charge on any atom is -0.372 e. The van der Waals surface area contributed by atoms with Gasteiger partial charge in [0.15, 0.2) is 0 Å².